The number of amides is 1. The topological polar surface area (TPSA) is 41.4 Å². The van der Waals surface area contributed by atoms with Crippen LogP contribution in [-0.4, -0.2) is 51.7 Å². The molecule has 2 aromatic heterocycles. The standard InChI is InChI=1S/C17H22N4OS/c22-17(10-16-4-3-9-23-16)20-12-14-5-6-18-21(14)15(13-20)11-19-7-1-2-8-19/h3-6,9,15H,1-2,7-8,10-13H2/t15-/m1/s1. The third kappa shape index (κ3) is 3.19. The van der Waals surface area contributed by atoms with Gasteiger partial charge in [-0.15, -0.1) is 11.3 Å². The van der Waals surface area contributed by atoms with Gasteiger partial charge >= 0.3 is 0 Å². The summed E-state index contributed by atoms with van der Waals surface area (Å²) < 4.78 is 2.13. The molecule has 2 aromatic rings. The van der Waals surface area contributed by atoms with E-state index in [9.17, 15) is 4.79 Å². The zero-order chi connectivity index (χ0) is 15.6. The molecule has 122 valence electrons. The first-order valence-electron chi connectivity index (χ1n) is 8.34. The minimum absolute atomic E-state index is 0.228. The summed E-state index contributed by atoms with van der Waals surface area (Å²) in [6.07, 6.45) is 4.96. The van der Waals surface area contributed by atoms with E-state index in [0.29, 0.717) is 13.0 Å². The molecule has 0 aliphatic carbocycles. The van der Waals surface area contributed by atoms with Gasteiger partial charge in [0.2, 0.25) is 5.91 Å². The minimum atomic E-state index is 0.228. The van der Waals surface area contributed by atoms with Crippen LogP contribution in [0.1, 0.15) is 29.5 Å². The Labute approximate surface area is 140 Å². The van der Waals surface area contributed by atoms with Gasteiger partial charge in [-0.3, -0.25) is 9.48 Å². The number of carbonyl (C=O) groups excluding carboxylic acids is 1. The van der Waals surface area contributed by atoms with Crippen molar-refractivity contribution in [1.82, 2.24) is 19.6 Å². The third-order valence-corrected chi connectivity index (χ3v) is 5.68. The smallest absolute Gasteiger partial charge is 0.228 e. The summed E-state index contributed by atoms with van der Waals surface area (Å²) in [5, 5.41) is 6.54. The molecular weight excluding hydrogens is 308 g/mol. The van der Waals surface area contributed by atoms with Crippen LogP contribution in [0.3, 0.4) is 0 Å². The van der Waals surface area contributed by atoms with Crippen molar-refractivity contribution < 1.29 is 4.79 Å². The fourth-order valence-electron chi connectivity index (χ4n) is 3.65. The largest absolute Gasteiger partial charge is 0.334 e. The number of likely N-dealkylation sites (tertiary alicyclic amines) is 1. The fourth-order valence-corrected chi connectivity index (χ4v) is 4.35. The Hall–Kier alpha value is -1.66. The number of hydrogen-bond donors (Lipinski definition) is 0. The van der Waals surface area contributed by atoms with Gasteiger partial charge in [-0.05, 0) is 43.4 Å². The number of fused-ring (bicyclic) bond motifs is 1. The molecule has 1 fully saturated rings. The van der Waals surface area contributed by atoms with Crippen molar-refractivity contribution in [1.29, 1.82) is 0 Å². The molecule has 1 saturated heterocycles. The van der Waals surface area contributed by atoms with E-state index in [0.717, 1.165) is 23.7 Å². The Balaban J connectivity index is 1.48. The van der Waals surface area contributed by atoms with Crippen molar-refractivity contribution in [2.75, 3.05) is 26.2 Å². The predicted molar refractivity (Wildman–Crippen MR) is 90.4 cm³/mol. The maximum absolute atomic E-state index is 12.7. The predicted octanol–water partition coefficient (Wildman–Crippen LogP) is 2.17. The maximum Gasteiger partial charge on any atom is 0.228 e. The molecule has 1 atom stereocenters. The van der Waals surface area contributed by atoms with E-state index in [1.807, 2.05) is 34.7 Å². The molecule has 6 heteroatoms. The number of hydrogen-bond acceptors (Lipinski definition) is 4. The van der Waals surface area contributed by atoms with Gasteiger partial charge in [0, 0.05) is 24.2 Å². The van der Waals surface area contributed by atoms with Crippen LogP contribution in [0.2, 0.25) is 0 Å². The Morgan fingerprint density at radius 2 is 2.17 bits per heavy atom. The summed E-state index contributed by atoms with van der Waals surface area (Å²) >= 11 is 1.66. The first-order chi connectivity index (χ1) is 11.3. The van der Waals surface area contributed by atoms with Crippen LogP contribution < -0.4 is 0 Å². The molecule has 4 rings (SSSR count). The average molecular weight is 330 g/mol. The van der Waals surface area contributed by atoms with E-state index in [1.54, 1.807) is 11.3 Å². The van der Waals surface area contributed by atoms with Crippen LogP contribution in [0.5, 0.6) is 0 Å². The zero-order valence-electron chi connectivity index (χ0n) is 13.2. The Morgan fingerprint density at radius 1 is 1.30 bits per heavy atom. The van der Waals surface area contributed by atoms with Crippen molar-refractivity contribution in [3.8, 4) is 0 Å². The van der Waals surface area contributed by atoms with E-state index in [-0.39, 0.29) is 11.9 Å². The molecule has 0 unspecified atom stereocenters. The van der Waals surface area contributed by atoms with Crippen molar-refractivity contribution in [3.05, 3.63) is 40.3 Å². The number of thiophene rings is 1. The van der Waals surface area contributed by atoms with Crippen LogP contribution in [0.25, 0.3) is 0 Å². The van der Waals surface area contributed by atoms with Crippen LogP contribution in [0.15, 0.2) is 29.8 Å². The van der Waals surface area contributed by atoms with E-state index in [4.69, 9.17) is 0 Å². The molecule has 0 aromatic carbocycles. The second-order valence-electron chi connectivity index (χ2n) is 6.46. The van der Waals surface area contributed by atoms with Crippen molar-refractivity contribution >= 4 is 17.2 Å². The van der Waals surface area contributed by atoms with Gasteiger partial charge < -0.3 is 9.80 Å². The first kappa shape index (κ1) is 14.9. The summed E-state index contributed by atoms with van der Waals surface area (Å²) in [7, 11) is 0. The van der Waals surface area contributed by atoms with Gasteiger partial charge in [-0.1, -0.05) is 6.07 Å². The molecule has 0 spiro atoms. The minimum Gasteiger partial charge on any atom is -0.334 e. The van der Waals surface area contributed by atoms with Gasteiger partial charge in [0.15, 0.2) is 0 Å². The summed E-state index contributed by atoms with van der Waals surface area (Å²) in [4.78, 5) is 18.3. The van der Waals surface area contributed by atoms with Gasteiger partial charge in [0.1, 0.15) is 0 Å². The van der Waals surface area contributed by atoms with Crippen molar-refractivity contribution in [2.45, 2.75) is 31.8 Å². The normalized spacial score (nSPS) is 21.6. The SMILES string of the molecule is O=C(Cc1cccs1)N1Cc2ccnn2[C@H](CN2CCCC2)C1. The number of carbonyl (C=O) groups is 1. The highest BCUT2D eigenvalue weighted by Gasteiger charge is 2.30. The summed E-state index contributed by atoms with van der Waals surface area (Å²) in [6, 6.07) is 6.37. The Bertz CT molecular complexity index is 660. The lowest BCUT2D eigenvalue weighted by molar-refractivity contribution is -0.132. The summed E-state index contributed by atoms with van der Waals surface area (Å²) in [5.41, 5.74) is 1.15. The lowest BCUT2D eigenvalue weighted by Crippen LogP contribution is -2.45. The Morgan fingerprint density at radius 3 is 2.96 bits per heavy atom. The maximum atomic E-state index is 12.7. The number of aromatic nitrogens is 2. The van der Waals surface area contributed by atoms with E-state index < -0.39 is 0 Å². The van der Waals surface area contributed by atoms with Crippen LogP contribution in [0, 0.1) is 0 Å². The molecule has 2 aliphatic heterocycles. The first-order valence-corrected chi connectivity index (χ1v) is 9.22. The van der Waals surface area contributed by atoms with Crippen LogP contribution in [0.4, 0.5) is 0 Å². The van der Waals surface area contributed by atoms with E-state index in [2.05, 4.69) is 14.7 Å². The van der Waals surface area contributed by atoms with Gasteiger partial charge in [0.25, 0.3) is 0 Å². The lowest BCUT2D eigenvalue weighted by atomic mass is 10.1. The average Bonchev–Trinajstić information content (AvgIpc) is 3.29. The monoisotopic (exact) mass is 330 g/mol. The second kappa shape index (κ2) is 6.45. The van der Waals surface area contributed by atoms with Crippen molar-refractivity contribution in [3.63, 3.8) is 0 Å². The van der Waals surface area contributed by atoms with Crippen molar-refractivity contribution in [2.24, 2.45) is 0 Å². The fraction of sp³-hybridized carbons (Fsp3) is 0.529. The highest BCUT2D eigenvalue weighted by Crippen LogP contribution is 2.24. The summed E-state index contributed by atoms with van der Waals surface area (Å²) in [5.74, 6) is 0.228. The van der Waals surface area contributed by atoms with E-state index >= 15 is 0 Å². The number of rotatable bonds is 4. The molecule has 2 aliphatic rings. The quantitative estimate of drug-likeness (QED) is 0.863. The molecule has 0 saturated carbocycles. The molecule has 1 amide bonds. The van der Waals surface area contributed by atoms with Crippen LogP contribution in [-0.2, 0) is 17.8 Å². The van der Waals surface area contributed by atoms with Gasteiger partial charge in [-0.25, -0.2) is 0 Å². The summed E-state index contributed by atoms with van der Waals surface area (Å²) in [6.45, 7) is 4.81. The molecule has 0 radical (unpaired) electrons. The lowest BCUT2D eigenvalue weighted by Gasteiger charge is -2.35. The molecule has 23 heavy (non-hydrogen) atoms. The molecule has 0 N–H and O–H groups in total. The molecule has 5 nitrogen and oxygen atoms in total. The Kier molecular flexibility index (Phi) is 4.18. The van der Waals surface area contributed by atoms with Crippen LogP contribution >= 0.6 is 11.3 Å². The van der Waals surface area contributed by atoms with Gasteiger partial charge in [-0.2, -0.15) is 5.10 Å². The zero-order valence-corrected chi connectivity index (χ0v) is 14.0. The highest BCUT2D eigenvalue weighted by molar-refractivity contribution is 7.10. The van der Waals surface area contributed by atoms with E-state index in [1.165, 1.54) is 25.9 Å². The second-order valence-corrected chi connectivity index (χ2v) is 7.49. The number of nitrogens with zero attached hydrogens (tertiary/aromatic N) is 4. The third-order valence-electron chi connectivity index (χ3n) is 4.81. The molecule has 0 bridgehead atoms. The van der Waals surface area contributed by atoms with Gasteiger partial charge in [0.05, 0.1) is 24.7 Å². The highest BCUT2D eigenvalue weighted by atomic mass is 32.1. The molecular formula is C17H22N4OS. The molecule has 4 heterocycles.